The van der Waals surface area contributed by atoms with Gasteiger partial charge in [-0.05, 0) is 40.5 Å². The van der Waals surface area contributed by atoms with Crippen LogP contribution in [-0.4, -0.2) is 42.4 Å². The largest absolute Gasteiger partial charge is 0.345 e. The number of nitriles is 1. The fourth-order valence-electron chi connectivity index (χ4n) is 2.26. The van der Waals surface area contributed by atoms with Gasteiger partial charge in [-0.15, -0.1) is 6.42 Å². The Bertz CT molecular complexity index is 436. The highest BCUT2D eigenvalue weighted by atomic mass is 31.2. The van der Waals surface area contributed by atoms with Crippen LogP contribution in [0.1, 0.15) is 59.8 Å². The Morgan fingerprint density at radius 2 is 1.80 bits per heavy atom. The number of hydrogen-bond acceptors (Lipinski definition) is 5. The van der Waals surface area contributed by atoms with Crippen molar-refractivity contribution in [2.75, 3.05) is 19.8 Å². The molecule has 1 N–H and O–H groups in total. The molecular weight excluding hydrogens is 337 g/mol. The monoisotopic (exact) mass is 369 g/mol. The molecule has 142 valence electrons. The lowest BCUT2D eigenvalue weighted by atomic mass is 10.2. The number of nitrogens with zero attached hydrogens (tertiary/aromatic N) is 2. The predicted octanol–water partition coefficient (Wildman–Crippen LogP) is 3.59. The second-order valence-electron chi connectivity index (χ2n) is 6.17. The first kappa shape index (κ1) is 23.8. The van der Waals surface area contributed by atoms with E-state index < -0.39 is 8.53 Å². The van der Waals surface area contributed by atoms with Crippen LogP contribution in [0.4, 0.5) is 0 Å². The van der Waals surface area contributed by atoms with Crippen LogP contribution in [0.3, 0.4) is 0 Å². The molecule has 1 amide bonds. The first-order valence-corrected chi connectivity index (χ1v) is 9.98. The lowest BCUT2D eigenvalue weighted by Crippen LogP contribution is -2.33. The molecule has 0 fully saturated rings. The normalized spacial score (nSPS) is 12.2. The van der Waals surface area contributed by atoms with E-state index in [1.54, 1.807) is 0 Å². The van der Waals surface area contributed by atoms with E-state index in [-0.39, 0.29) is 12.5 Å². The summed E-state index contributed by atoms with van der Waals surface area (Å²) in [6, 6.07) is 2.69. The second kappa shape index (κ2) is 15.1. The minimum absolute atomic E-state index is 0.00764. The molecule has 0 spiro atoms. The number of carbonyl (C=O) groups is 1. The summed E-state index contributed by atoms with van der Waals surface area (Å²) in [5.74, 6) is 2.38. The van der Waals surface area contributed by atoms with Crippen molar-refractivity contribution in [3.63, 3.8) is 0 Å². The molecule has 7 heteroatoms. The number of hydrogen-bond donors (Lipinski definition) is 1. The van der Waals surface area contributed by atoms with Gasteiger partial charge in [0.25, 0.3) is 8.53 Å². The lowest BCUT2D eigenvalue weighted by Gasteiger charge is -2.35. The van der Waals surface area contributed by atoms with Crippen LogP contribution in [0, 0.1) is 23.7 Å². The fraction of sp³-hybridized carbons (Fsp3) is 0.778. The maximum atomic E-state index is 11.4. The van der Waals surface area contributed by atoms with E-state index in [0.29, 0.717) is 38.1 Å². The molecule has 1 atom stereocenters. The molecule has 0 heterocycles. The molecule has 0 bridgehead atoms. The van der Waals surface area contributed by atoms with Crippen molar-refractivity contribution in [1.29, 1.82) is 5.26 Å². The summed E-state index contributed by atoms with van der Waals surface area (Å²) in [5.41, 5.74) is 0. The first-order valence-electron chi connectivity index (χ1n) is 8.85. The SMILES string of the molecule is C#CCNC(=O)CCCCCOP(OCCC#N)N(C(C)C)C(C)C. The van der Waals surface area contributed by atoms with Crippen molar-refractivity contribution >= 4 is 14.4 Å². The van der Waals surface area contributed by atoms with E-state index in [4.69, 9.17) is 20.7 Å². The zero-order chi connectivity index (χ0) is 19.1. The molecule has 0 aromatic heterocycles. The summed E-state index contributed by atoms with van der Waals surface area (Å²) in [5, 5.41) is 11.3. The maximum Gasteiger partial charge on any atom is 0.259 e. The van der Waals surface area contributed by atoms with Gasteiger partial charge in [0, 0.05) is 18.5 Å². The van der Waals surface area contributed by atoms with E-state index in [2.05, 4.69) is 49.7 Å². The summed E-state index contributed by atoms with van der Waals surface area (Å²) in [4.78, 5) is 11.4. The van der Waals surface area contributed by atoms with Crippen LogP contribution in [0.25, 0.3) is 0 Å². The number of terminal acetylenes is 1. The summed E-state index contributed by atoms with van der Waals surface area (Å²) in [6.07, 6.45) is 8.53. The van der Waals surface area contributed by atoms with Gasteiger partial charge in [-0.1, -0.05) is 12.3 Å². The second-order valence-corrected chi connectivity index (χ2v) is 7.63. The molecule has 0 rings (SSSR count). The Morgan fingerprint density at radius 3 is 2.36 bits per heavy atom. The lowest BCUT2D eigenvalue weighted by molar-refractivity contribution is -0.120. The van der Waals surface area contributed by atoms with Crippen LogP contribution < -0.4 is 5.32 Å². The van der Waals surface area contributed by atoms with Gasteiger partial charge in [0.15, 0.2) is 0 Å². The number of nitrogens with one attached hydrogen (secondary N) is 1. The third-order valence-corrected chi connectivity index (χ3v) is 5.41. The van der Waals surface area contributed by atoms with Gasteiger partial charge in [0.05, 0.1) is 32.2 Å². The number of amides is 1. The Hall–Kier alpha value is -1.17. The quantitative estimate of drug-likeness (QED) is 0.288. The van der Waals surface area contributed by atoms with Crippen LogP contribution in [0.15, 0.2) is 0 Å². The average molecular weight is 369 g/mol. The summed E-state index contributed by atoms with van der Waals surface area (Å²) >= 11 is 0. The third kappa shape index (κ3) is 11.9. The van der Waals surface area contributed by atoms with Gasteiger partial charge in [0.1, 0.15) is 0 Å². The van der Waals surface area contributed by atoms with Gasteiger partial charge >= 0.3 is 0 Å². The Kier molecular flexibility index (Phi) is 14.4. The molecule has 0 saturated heterocycles. The molecule has 0 aliphatic rings. The van der Waals surface area contributed by atoms with E-state index in [9.17, 15) is 4.79 Å². The van der Waals surface area contributed by atoms with Gasteiger partial charge in [-0.25, -0.2) is 4.67 Å². The highest BCUT2D eigenvalue weighted by molar-refractivity contribution is 7.44. The standard InChI is InChI=1S/C18H32N3O3P/c1-6-13-20-18(22)11-8-7-9-14-23-25(24-15-10-12-19)21(16(2)3)17(4)5/h1,16-17H,7-11,13-15H2,2-5H3,(H,20,22). The van der Waals surface area contributed by atoms with Crippen molar-refractivity contribution in [3.8, 4) is 18.4 Å². The molecule has 6 nitrogen and oxygen atoms in total. The molecule has 0 aromatic carbocycles. The van der Waals surface area contributed by atoms with Crippen molar-refractivity contribution in [3.05, 3.63) is 0 Å². The Morgan fingerprint density at radius 1 is 1.16 bits per heavy atom. The number of rotatable bonds is 14. The third-order valence-electron chi connectivity index (χ3n) is 3.30. The summed E-state index contributed by atoms with van der Waals surface area (Å²) < 4.78 is 14.0. The zero-order valence-corrected chi connectivity index (χ0v) is 16.8. The van der Waals surface area contributed by atoms with Gasteiger partial charge in [0.2, 0.25) is 5.91 Å². The van der Waals surface area contributed by atoms with E-state index in [1.807, 2.05) is 0 Å². The number of unbranched alkanes of at least 4 members (excludes halogenated alkanes) is 2. The minimum Gasteiger partial charge on any atom is -0.345 e. The molecule has 0 saturated carbocycles. The van der Waals surface area contributed by atoms with E-state index in [0.717, 1.165) is 19.3 Å². The van der Waals surface area contributed by atoms with Crippen molar-refractivity contribution in [1.82, 2.24) is 9.99 Å². The number of carbonyl (C=O) groups excluding carboxylic acids is 1. The topological polar surface area (TPSA) is 74.6 Å². The highest BCUT2D eigenvalue weighted by Gasteiger charge is 2.26. The van der Waals surface area contributed by atoms with Crippen molar-refractivity contribution < 1.29 is 13.8 Å². The smallest absolute Gasteiger partial charge is 0.259 e. The fourth-order valence-corrected chi connectivity index (χ4v) is 3.89. The molecule has 0 radical (unpaired) electrons. The summed E-state index contributed by atoms with van der Waals surface area (Å²) in [6.45, 7) is 9.70. The molecule has 25 heavy (non-hydrogen) atoms. The van der Waals surface area contributed by atoms with Crippen LogP contribution >= 0.6 is 8.53 Å². The Balaban J connectivity index is 4.19. The molecule has 0 aliphatic carbocycles. The molecular formula is C18H32N3O3P. The first-order chi connectivity index (χ1) is 11.9. The highest BCUT2D eigenvalue weighted by Crippen LogP contribution is 2.46. The van der Waals surface area contributed by atoms with E-state index >= 15 is 0 Å². The molecule has 1 unspecified atom stereocenters. The predicted molar refractivity (Wildman–Crippen MR) is 101 cm³/mol. The van der Waals surface area contributed by atoms with Crippen molar-refractivity contribution in [2.45, 2.75) is 71.9 Å². The van der Waals surface area contributed by atoms with Crippen LogP contribution in [-0.2, 0) is 13.8 Å². The zero-order valence-electron chi connectivity index (χ0n) is 16.0. The van der Waals surface area contributed by atoms with Gasteiger partial charge < -0.3 is 14.4 Å². The minimum atomic E-state index is -1.18. The molecule has 0 aliphatic heterocycles. The summed E-state index contributed by atoms with van der Waals surface area (Å²) in [7, 11) is -1.18. The van der Waals surface area contributed by atoms with Crippen LogP contribution in [0.5, 0.6) is 0 Å². The van der Waals surface area contributed by atoms with Crippen LogP contribution in [0.2, 0.25) is 0 Å². The maximum absolute atomic E-state index is 11.4. The van der Waals surface area contributed by atoms with Gasteiger partial charge in [-0.2, -0.15) is 5.26 Å². The average Bonchev–Trinajstić information content (AvgIpc) is 2.55. The Labute approximate surface area is 154 Å². The van der Waals surface area contributed by atoms with Gasteiger partial charge in [-0.3, -0.25) is 4.79 Å². The van der Waals surface area contributed by atoms with Crippen molar-refractivity contribution in [2.24, 2.45) is 0 Å². The van der Waals surface area contributed by atoms with E-state index in [1.165, 1.54) is 0 Å². The molecule has 0 aromatic rings.